The minimum Gasteiger partial charge on any atom is -0.443 e. The molecule has 1 aliphatic heterocycles. The van der Waals surface area contributed by atoms with E-state index in [4.69, 9.17) is 16.2 Å². The average Bonchev–Trinajstić information content (AvgIpc) is 2.58. The summed E-state index contributed by atoms with van der Waals surface area (Å²) in [6.07, 6.45) is 1.18. The van der Waals surface area contributed by atoms with E-state index in [-0.39, 0.29) is 17.3 Å². The molecule has 0 unspecified atom stereocenters. The molecule has 0 saturated heterocycles. The summed E-state index contributed by atoms with van der Waals surface area (Å²) in [7, 11) is 0. The van der Waals surface area contributed by atoms with Crippen LogP contribution in [0.5, 0.6) is 0 Å². The van der Waals surface area contributed by atoms with Gasteiger partial charge in [-0.1, -0.05) is 18.2 Å². The van der Waals surface area contributed by atoms with Gasteiger partial charge in [-0.05, 0) is 39.2 Å². The van der Waals surface area contributed by atoms with E-state index >= 15 is 0 Å². The maximum absolute atomic E-state index is 12.8. The van der Waals surface area contributed by atoms with Gasteiger partial charge >= 0.3 is 6.09 Å². The van der Waals surface area contributed by atoms with Gasteiger partial charge in [-0.15, -0.1) is 0 Å². The van der Waals surface area contributed by atoms with E-state index in [0.29, 0.717) is 23.5 Å². The molecule has 0 atom stereocenters. The monoisotopic (exact) mass is 366 g/mol. The number of hydrogen-bond donors (Lipinski definition) is 2. The van der Waals surface area contributed by atoms with Gasteiger partial charge in [0.1, 0.15) is 23.1 Å². The Labute approximate surface area is 157 Å². The lowest BCUT2D eigenvalue weighted by Gasteiger charge is -2.33. The van der Waals surface area contributed by atoms with Gasteiger partial charge in [-0.2, -0.15) is 10.2 Å². The number of carbonyl (C=O) groups excluding carboxylic acids is 1. The zero-order chi connectivity index (χ0) is 19.8. The minimum atomic E-state index is -0.620. The van der Waals surface area contributed by atoms with Gasteiger partial charge in [0.15, 0.2) is 0 Å². The number of nitrogens with zero attached hydrogens (tertiary/aromatic N) is 4. The first kappa shape index (κ1) is 18.5. The van der Waals surface area contributed by atoms with Crippen LogP contribution in [0.25, 0.3) is 11.3 Å². The molecule has 1 aromatic carbocycles. The summed E-state index contributed by atoms with van der Waals surface area (Å²) in [5, 5.41) is 9.53. The molecule has 3 rings (SSSR count). The highest BCUT2D eigenvalue weighted by Gasteiger charge is 2.30. The van der Waals surface area contributed by atoms with Gasteiger partial charge in [0, 0.05) is 12.1 Å². The third-order valence-corrected chi connectivity index (χ3v) is 4.15. The molecule has 2 aromatic rings. The Morgan fingerprint density at radius 2 is 2.04 bits per heavy atom. The molecule has 27 heavy (non-hydrogen) atoms. The van der Waals surface area contributed by atoms with Crippen LogP contribution in [0.15, 0.2) is 18.2 Å². The number of anilines is 3. The van der Waals surface area contributed by atoms with E-state index in [1.54, 1.807) is 11.0 Å². The fraction of sp³-hybridized carbons (Fsp3) is 0.368. The van der Waals surface area contributed by atoms with E-state index < -0.39 is 11.7 Å². The van der Waals surface area contributed by atoms with Crippen LogP contribution in [0.3, 0.4) is 0 Å². The van der Waals surface area contributed by atoms with E-state index in [9.17, 15) is 10.1 Å². The van der Waals surface area contributed by atoms with Crippen LogP contribution in [-0.2, 0) is 11.2 Å². The molecule has 0 radical (unpaired) electrons. The van der Waals surface area contributed by atoms with Gasteiger partial charge in [0.25, 0.3) is 0 Å². The van der Waals surface area contributed by atoms with Crippen molar-refractivity contribution in [1.29, 1.82) is 5.26 Å². The SMILES string of the molecule is CC(C)(C)OC(=O)N1CCCc2cccc(-c3nc(N)nc(N)c3C#N)c21. The molecule has 0 saturated carbocycles. The molecule has 0 aliphatic carbocycles. The number of nitrogen functional groups attached to an aromatic ring is 2. The van der Waals surface area contributed by atoms with Crippen LogP contribution in [-0.4, -0.2) is 28.2 Å². The first-order valence-electron chi connectivity index (χ1n) is 8.67. The Hall–Kier alpha value is -3.34. The minimum absolute atomic E-state index is 0.0113. The van der Waals surface area contributed by atoms with Crippen molar-refractivity contribution in [2.75, 3.05) is 22.9 Å². The maximum atomic E-state index is 12.8. The summed E-state index contributed by atoms with van der Waals surface area (Å²) in [5.41, 5.74) is 13.7. The molecule has 1 amide bonds. The van der Waals surface area contributed by atoms with Gasteiger partial charge in [0.05, 0.1) is 11.4 Å². The van der Waals surface area contributed by atoms with E-state index in [1.165, 1.54) is 0 Å². The fourth-order valence-electron chi connectivity index (χ4n) is 3.14. The molecule has 0 spiro atoms. The highest BCUT2D eigenvalue weighted by atomic mass is 16.6. The lowest BCUT2D eigenvalue weighted by molar-refractivity contribution is 0.0578. The van der Waals surface area contributed by atoms with E-state index in [0.717, 1.165) is 18.4 Å². The lowest BCUT2D eigenvalue weighted by Crippen LogP contribution is -2.40. The van der Waals surface area contributed by atoms with E-state index in [2.05, 4.69) is 9.97 Å². The highest BCUT2D eigenvalue weighted by Crippen LogP contribution is 2.39. The van der Waals surface area contributed by atoms with E-state index in [1.807, 2.05) is 39.0 Å². The van der Waals surface area contributed by atoms with Gasteiger partial charge in [-0.25, -0.2) is 9.78 Å². The van der Waals surface area contributed by atoms with Crippen molar-refractivity contribution >= 4 is 23.5 Å². The second kappa shape index (κ2) is 6.76. The molecule has 0 fully saturated rings. The summed E-state index contributed by atoms with van der Waals surface area (Å²) >= 11 is 0. The quantitative estimate of drug-likeness (QED) is 0.793. The van der Waals surface area contributed by atoms with Crippen LogP contribution in [0.1, 0.15) is 38.3 Å². The maximum Gasteiger partial charge on any atom is 0.414 e. The molecule has 140 valence electrons. The van der Waals surface area contributed by atoms with Crippen molar-refractivity contribution in [3.05, 3.63) is 29.3 Å². The van der Waals surface area contributed by atoms with Crippen LogP contribution in [0, 0.1) is 11.3 Å². The summed E-state index contributed by atoms with van der Waals surface area (Å²) < 4.78 is 5.57. The number of benzene rings is 1. The van der Waals surface area contributed by atoms with Crippen molar-refractivity contribution in [3.63, 3.8) is 0 Å². The van der Waals surface area contributed by atoms with Crippen molar-refractivity contribution in [1.82, 2.24) is 9.97 Å². The number of aromatic nitrogens is 2. The second-order valence-corrected chi connectivity index (χ2v) is 7.35. The number of para-hydroxylation sites is 1. The Morgan fingerprint density at radius 3 is 2.70 bits per heavy atom. The van der Waals surface area contributed by atoms with Crippen LogP contribution >= 0.6 is 0 Å². The number of carbonyl (C=O) groups is 1. The molecule has 1 aliphatic rings. The van der Waals surface area contributed by atoms with Gasteiger partial charge < -0.3 is 16.2 Å². The molecular formula is C19H22N6O2. The number of rotatable bonds is 1. The molecule has 8 heteroatoms. The van der Waals surface area contributed by atoms with Crippen LogP contribution in [0.2, 0.25) is 0 Å². The molecule has 8 nitrogen and oxygen atoms in total. The summed E-state index contributed by atoms with van der Waals surface area (Å²) in [6, 6.07) is 7.65. The molecule has 2 heterocycles. The normalized spacial score (nSPS) is 13.6. The fourth-order valence-corrected chi connectivity index (χ4v) is 3.14. The number of nitriles is 1. The smallest absolute Gasteiger partial charge is 0.414 e. The van der Waals surface area contributed by atoms with Gasteiger partial charge in [0.2, 0.25) is 5.95 Å². The number of amides is 1. The third kappa shape index (κ3) is 3.62. The van der Waals surface area contributed by atoms with Crippen LogP contribution < -0.4 is 16.4 Å². The largest absolute Gasteiger partial charge is 0.443 e. The standard InChI is InChI=1S/C19H22N6O2/c1-19(2,3)27-18(26)25-9-5-7-11-6-4-8-12(15(11)25)14-13(10-20)16(21)24-17(22)23-14/h4,6,8H,5,7,9H2,1-3H3,(H4,21,22,23,24). The van der Waals surface area contributed by atoms with Crippen molar-refractivity contribution in [3.8, 4) is 17.3 Å². The molecular weight excluding hydrogens is 344 g/mol. The Balaban J connectivity index is 2.19. The van der Waals surface area contributed by atoms with Crippen molar-refractivity contribution in [2.45, 2.75) is 39.2 Å². The summed E-state index contributed by atoms with van der Waals surface area (Å²) in [4.78, 5) is 22.5. The van der Waals surface area contributed by atoms with Crippen molar-refractivity contribution < 1.29 is 9.53 Å². The number of fused-ring (bicyclic) bond motifs is 1. The topological polar surface area (TPSA) is 131 Å². The van der Waals surface area contributed by atoms with Gasteiger partial charge in [-0.3, -0.25) is 4.90 Å². The predicted octanol–water partition coefficient (Wildman–Crippen LogP) is 2.87. The number of aryl methyl sites for hydroxylation is 1. The first-order valence-corrected chi connectivity index (χ1v) is 8.67. The summed E-state index contributed by atoms with van der Waals surface area (Å²) in [5.74, 6) is -0.0176. The number of hydrogen-bond acceptors (Lipinski definition) is 7. The molecule has 0 bridgehead atoms. The highest BCUT2D eigenvalue weighted by molar-refractivity contribution is 5.96. The first-order chi connectivity index (χ1) is 12.7. The zero-order valence-electron chi connectivity index (χ0n) is 15.6. The average molecular weight is 366 g/mol. The Kier molecular flexibility index (Phi) is 4.62. The number of ether oxygens (including phenoxy) is 1. The second-order valence-electron chi connectivity index (χ2n) is 7.35. The predicted molar refractivity (Wildman–Crippen MR) is 103 cm³/mol. The molecule has 1 aromatic heterocycles. The Morgan fingerprint density at radius 1 is 1.30 bits per heavy atom. The van der Waals surface area contributed by atoms with Crippen molar-refractivity contribution in [2.24, 2.45) is 0 Å². The number of nitrogens with two attached hydrogens (primary N) is 2. The van der Waals surface area contributed by atoms with Crippen LogP contribution in [0.4, 0.5) is 22.2 Å². The lowest BCUT2D eigenvalue weighted by atomic mass is 9.95. The zero-order valence-corrected chi connectivity index (χ0v) is 15.6. The molecule has 4 N–H and O–H groups in total. The third-order valence-electron chi connectivity index (χ3n) is 4.15. The summed E-state index contributed by atoms with van der Waals surface area (Å²) in [6.45, 7) is 5.97. The Bertz CT molecular complexity index is 942.